The summed E-state index contributed by atoms with van der Waals surface area (Å²) in [4.78, 5) is 4.25. The van der Waals surface area contributed by atoms with Gasteiger partial charge in [-0.2, -0.15) is 4.98 Å². The minimum absolute atomic E-state index is 0.323. The molecule has 0 bridgehead atoms. The van der Waals surface area contributed by atoms with Crippen LogP contribution in [-0.2, 0) is 19.4 Å². The first-order chi connectivity index (χ1) is 8.81. The van der Waals surface area contributed by atoms with Gasteiger partial charge in [0.15, 0.2) is 12.4 Å². The number of nitrogens with zero attached hydrogens (tertiary/aromatic N) is 2. The Morgan fingerprint density at radius 2 is 2.17 bits per heavy atom. The molecule has 0 saturated carbocycles. The Morgan fingerprint density at radius 1 is 1.28 bits per heavy atom. The lowest BCUT2D eigenvalue weighted by Crippen LogP contribution is -1.96. The Balaban J connectivity index is 1.93. The van der Waals surface area contributed by atoms with Gasteiger partial charge in [0.05, 0.1) is 0 Å². The van der Waals surface area contributed by atoms with Gasteiger partial charge in [-0.05, 0) is 30.5 Å². The largest absolute Gasteiger partial charge is 0.484 e. The van der Waals surface area contributed by atoms with E-state index < -0.39 is 0 Å². The highest BCUT2D eigenvalue weighted by atomic mass is 16.5. The van der Waals surface area contributed by atoms with E-state index in [2.05, 4.69) is 30.1 Å². The molecular weight excluding hydrogens is 228 g/mol. The fourth-order valence-corrected chi connectivity index (χ4v) is 1.67. The normalized spacial score (nSPS) is 10.6. The topological polar surface area (TPSA) is 48.2 Å². The summed E-state index contributed by atoms with van der Waals surface area (Å²) in [5, 5.41) is 3.89. The first-order valence-corrected chi connectivity index (χ1v) is 6.35. The molecule has 0 aliphatic carbocycles. The van der Waals surface area contributed by atoms with Gasteiger partial charge in [-0.15, -0.1) is 0 Å². The fourth-order valence-electron chi connectivity index (χ4n) is 1.67. The van der Waals surface area contributed by atoms with Crippen molar-refractivity contribution in [3.05, 3.63) is 41.5 Å². The highest BCUT2D eigenvalue weighted by molar-refractivity contribution is 5.28. The average molecular weight is 246 g/mol. The quantitative estimate of drug-likeness (QED) is 0.785. The highest BCUT2D eigenvalue weighted by Gasteiger charge is 2.06. The number of hydrogen-bond acceptors (Lipinski definition) is 4. The molecular formula is C14H18N2O2. The SMILES string of the molecule is CCCc1noc(COc2cccc(CC)c2)n1. The van der Waals surface area contributed by atoms with E-state index in [0.29, 0.717) is 12.5 Å². The zero-order valence-electron chi connectivity index (χ0n) is 10.8. The summed E-state index contributed by atoms with van der Waals surface area (Å²) in [6, 6.07) is 8.04. The van der Waals surface area contributed by atoms with Crippen LogP contribution in [0.4, 0.5) is 0 Å². The molecule has 1 aromatic heterocycles. The van der Waals surface area contributed by atoms with Crippen molar-refractivity contribution >= 4 is 0 Å². The Labute approximate surface area is 107 Å². The van der Waals surface area contributed by atoms with Gasteiger partial charge in [0, 0.05) is 6.42 Å². The molecule has 18 heavy (non-hydrogen) atoms. The zero-order chi connectivity index (χ0) is 12.8. The monoisotopic (exact) mass is 246 g/mol. The summed E-state index contributed by atoms with van der Waals surface area (Å²) in [5.74, 6) is 2.11. The maximum absolute atomic E-state index is 5.63. The van der Waals surface area contributed by atoms with Gasteiger partial charge in [-0.1, -0.05) is 31.1 Å². The van der Waals surface area contributed by atoms with Crippen LogP contribution in [0.25, 0.3) is 0 Å². The standard InChI is InChI=1S/C14H18N2O2/c1-3-6-13-15-14(18-16-13)10-17-12-8-5-7-11(4-2)9-12/h5,7-9H,3-4,6,10H2,1-2H3. The third-order valence-electron chi connectivity index (χ3n) is 2.65. The Bertz CT molecular complexity index is 494. The van der Waals surface area contributed by atoms with Gasteiger partial charge in [-0.25, -0.2) is 0 Å². The lowest BCUT2D eigenvalue weighted by molar-refractivity contribution is 0.242. The van der Waals surface area contributed by atoms with Gasteiger partial charge < -0.3 is 9.26 Å². The van der Waals surface area contributed by atoms with Crippen LogP contribution in [0.3, 0.4) is 0 Å². The number of aryl methyl sites for hydroxylation is 2. The van der Waals surface area contributed by atoms with Crippen molar-refractivity contribution in [2.24, 2.45) is 0 Å². The summed E-state index contributed by atoms with van der Waals surface area (Å²) in [7, 11) is 0. The van der Waals surface area contributed by atoms with Crippen LogP contribution in [0.1, 0.15) is 37.5 Å². The van der Waals surface area contributed by atoms with Crippen molar-refractivity contribution in [1.29, 1.82) is 0 Å². The minimum atomic E-state index is 0.323. The summed E-state index contributed by atoms with van der Waals surface area (Å²) < 4.78 is 10.7. The second-order valence-corrected chi connectivity index (χ2v) is 4.14. The fraction of sp³-hybridized carbons (Fsp3) is 0.429. The van der Waals surface area contributed by atoms with Crippen LogP contribution in [0, 0.1) is 0 Å². The smallest absolute Gasteiger partial charge is 0.264 e. The van der Waals surface area contributed by atoms with Crippen LogP contribution in [0.15, 0.2) is 28.8 Å². The van der Waals surface area contributed by atoms with E-state index in [1.807, 2.05) is 18.2 Å². The number of rotatable bonds is 6. The highest BCUT2D eigenvalue weighted by Crippen LogP contribution is 2.15. The summed E-state index contributed by atoms with van der Waals surface area (Å²) in [6.07, 6.45) is 2.85. The van der Waals surface area contributed by atoms with Gasteiger partial charge in [-0.3, -0.25) is 0 Å². The maximum atomic E-state index is 5.63. The van der Waals surface area contributed by atoms with Crippen molar-refractivity contribution in [2.45, 2.75) is 39.7 Å². The van der Waals surface area contributed by atoms with Crippen molar-refractivity contribution < 1.29 is 9.26 Å². The summed E-state index contributed by atoms with van der Waals surface area (Å²) >= 11 is 0. The molecule has 0 amide bonds. The molecule has 0 fully saturated rings. The number of hydrogen-bond donors (Lipinski definition) is 0. The molecule has 0 N–H and O–H groups in total. The van der Waals surface area contributed by atoms with Crippen LogP contribution >= 0.6 is 0 Å². The molecule has 0 aliphatic heterocycles. The maximum Gasteiger partial charge on any atom is 0.264 e. The molecule has 2 rings (SSSR count). The second-order valence-electron chi connectivity index (χ2n) is 4.14. The molecule has 1 aromatic carbocycles. The van der Waals surface area contributed by atoms with Crippen molar-refractivity contribution in [3.63, 3.8) is 0 Å². The third kappa shape index (κ3) is 3.32. The van der Waals surface area contributed by atoms with Crippen molar-refractivity contribution in [1.82, 2.24) is 10.1 Å². The molecule has 0 atom stereocenters. The average Bonchev–Trinajstić information content (AvgIpc) is 2.85. The number of benzene rings is 1. The molecule has 0 aliphatic rings. The first kappa shape index (κ1) is 12.6. The lowest BCUT2D eigenvalue weighted by atomic mass is 10.2. The van der Waals surface area contributed by atoms with E-state index in [4.69, 9.17) is 9.26 Å². The van der Waals surface area contributed by atoms with Gasteiger partial charge in [0.25, 0.3) is 5.89 Å². The van der Waals surface area contributed by atoms with E-state index >= 15 is 0 Å². The molecule has 4 nitrogen and oxygen atoms in total. The molecule has 0 spiro atoms. The van der Waals surface area contributed by atoms with E-state index in [1.54, 1.807) is 0 Å². The van der Waals surface area contributed by atoms with Gasteiger partial charge in [0.1, 0.15) is 5.75 Å². The molecule has 2 aromatic rings. The second kappa shape index (κ2) is 6.19. The van der Waals surface area contributed by atoms with Crippen molar-refractivity contribution in [3.8, 4) is 5.75 Å². The third-order valence-corrected chi connectivity index (χ3v) is 2.65. The van der Waals surface area contributed by atoms with Crippen LogP contribution in [0.5, 0.6) is 5.75 Å². The number of aromatic nitrogens is 2. The van der Waals surface area contributed by atoms with Gasteiger partial charge >= 0.3 is 0 Å². The molecule has 0 unspecified atom stereocenters. The Morgan fingerprint density at radius 3 is 2.94 bits per heavy atom. The van der Waals surface area contributed by atoms with E-state index in [9.17, 15) is 0 Å². The Kier molecular flexibility index (Phi) is 4.34. The molecule has 4 heteroatoms. The van der Waals surface area contributed by atoms with Crippen LogP contribution in [0.2, 0.25) is 0 Å². The first-order valence-electron chi connectivity index (χ1n) is 6.35. The van der Waals surface area contributed by atoms with Crippen LogP contribution < -0.4 is 4.74 Å². The lowest BCUT2D eigenvalue weighted by Gasteiger charge is -2.04. The van der Waals surface area contributed by atoms with E-state index in [1.165, 1.54) is 5.56 Å². The predicted molar refractivity (Wildman–Crippen MR) is 68.4 cm³/mol. The molecule has 0 saturated heterocycles. The van der Waals surface area contributed by atoms with E-state index in [0.717, 1.165) is 30.8 Å². The van der Waals surface area contributed by atoms with Crippen molar-refractivity contribution in [2.75, 3.05) is 0 Å². The minimum Gasteiger partial charge on any atom is -0.484 e. The molecule has 0 radical (unpaired) electrons. The van der Waals surface area contributed by atoms with Gasteiger partial charge in [0.2, 0.25) is 0 Å². The molecule has 96 valence electrons. The zero-order valence-corrected chi connectivity index (χ0v) is 10.8. The summed E-state index contributed by atoms with van der Waals surface area (Å²) in [6.45, 7) is 4.53. The van der Waals surface area contributed by atoms with Crippen LogP contribution in [-0.4, -0.2) is 10.1 Å². The van der Waals surface area contributed by atoms with E-state index in [-0.39, 0.29) is 0 Å². The Hall–Kier alpha value is -1.84. The molecule has 1 heterocycles. The summed E-state index contributed by atoms with van der Waals surface area (Å²) in [5.41, 5.74) is 1.25. The predicted octanol–water partition coefficient (Wildman–Crippen LogP) is 3.16. The number of ether oxygens (including phenoxy) is 1.